The Kier molecular flexibility index (Phi) is 4.94. The van der Waals surface area contributed by atoms with E-state index in [0.29, 0.717) is 16.8 Å². The highest BCUT2D eigenvalue weighted by molar-refractivity contribution is 8.00. The molecule has 6 nitrogen and oxygen atoms in total. The first-order chi connectivity index (χ1) is 9.21. The Morgan fingerprint density at radius 1 is 1.53 bits per heavy atom. The molecule has 2 rings (SSSR count). The molecule has 1 amide bonds. The number of hydrogen-bond acceptors (Lipinski definition) is 7. The lowest BCUT2D eigenvalue weighted by molar-refractivity contribution is -0.114. The quantitative estimate of drug-likeness (QED) is 0.791. The van der Waals surface area contributed by atoms with Crippen molar-refractivity contribution >= 4 is 34.1 Å². The van der Waals surface area contributed by atoms with Crippen LogP contribution in [0.1, 0.15) is 18.6 Å². The van der Waals surface area contributed by atoms with Gasteiger partial charge in [-0.1, -0.05) is 18.3 Å². The minimum atomic E-state index is -0.244. The predicted octanol–water partition coefficient (Wildman–Crippen LogP) is 1.88. The van der Waals surface area contributed by atoms with Crippen LogP contribution in [0.15, 0.2) is 21.0 Å². The highest BCUT2D eigenvalue weighted by Gasteiger charge is 2.08. The summed E-state index contributed by atoms with van der Waals surface area (Å²) < 4.78 is 6.50. The summed E-state index contributed by atoms with van der Waals surface area (Å²) in [6.07, 6.45) is 4.30. The Morgan fingerprint density at radius 3 is 3.05 bits per heavy atom. The predicted molar refractivity (Wildman–Crippen MR) is 75.2 cm³/mol. The fourth-order valence-electron chi connectivity index (χ4n) is 1.27. The van der Waals surface area contributed by atoms with E-state index in [0.717, 1.165) is 16.4 Å². The van der Waals surface area contributed by atoms with Crippen LogP contribution in [-0.2, 0) is 17.0 Å². The molecule has 0 radical (unpaired) electrons. The van der Waals surface area contributed by atoms with Crippen molar-refractivity contribution in [1.82, 2.24) is 9.97 Å². The molecule has 0 unspecified atom stereocenters. The van der Waals surface area contributed by atoms with E-state index in [1.54, 1.807) is 24.2 Å². The van der Waals surface area contributed by atoms with Gasteiger partial charge < -0.3 is 15.5 Å². The summed E-state index contributed by atoms with van der Waals surface area (Å²) in [5.41, 5.74) is 5.22. The van der Waals surface area contributed by atoms with Gasteiger partial charge in [-0.15, -0.1) is 11.8 Å². The second kappa shape index (κ2) is 6.69. The molecule has 102 valence electrons. The molecular weight excluding hydrogens is 284 g/mol. The van der Waals surface area contributed by atoms with E-state index < -0.39 is 0 Å². The number of nitrogens with zero attached hydrogens (tertiary/aromatic N) is 2. The SMILES string of the molecule is CCc1cnc(CSc2cnc(NC(=O)CN)s2)o1. The van der Waals surface area contributed by atoms with Gasteiger partial charge in [-0.3, -0.25) is 4.79 Å². The van der Waals surface area contributed by atoms with Gasteiger partial charge >= 0.3 is 0 Å². The number of thiazole rings is 1. The first-order valence-corrected chi connectivity index (χ1v) is 7.53. The van der Waals surface area contributed by atoms with Crippen LogP contribution in [0.4, 0.5) is 5.13 Å². The van der Waals surface area contributed by atoms with Gasteiger partial charge in [0.25, 0.3) is 0 Å². The molecule has 2 aromatic heterocycles. The molecule has 8 heteroatoms. The normalized spacial score (nSPS) is 10.6. The third-order valence-electron chi connectivity index (χ3n) is 2.20. The van der Waals surface area contributed by atoms with Crippen LogP contribution in [0.25, 0.3) is 0 Å². The van der Waals surface area contributed by atoms with Gasteiger partial charge in [0.15, 0.2) is 5.13 Å². The Balaban J connectivity index is 1.87. The van der Waals surface area contributed by atoms with E-state index in [4.69, 9.17) is 10.2 Å². The van der Waals surface area contributed by atoms with Crippen LogP contribution in [0.3, 0.4) is 0 Å². The number of anilines is 1. The summed E-state index contributed by atoms with van der Waals surface area (Å²) in [5, 5.41) is 3.17. The molecule has 0 spiro atoms. The summed E-state index contributed by atoms with van der Waals surface area (Å²) >= 11 is 2.97. The topological polar surface area (TPSA) is 94.0 Å². The Labute approximate surface area is 118 Å². The highest BCUT2D eigenvalue weighted by atomic mass is 32.2. The first-order valence-electron chi connectivity index (χ1n) is 5.73. The Bertz CT molecular complexity index is 552. The number of hydrogen-bond donors (Lipinski definition) is 2. The number of carbonyl (C=O) groups excluding carboxylic acids is 1. The van der Waals surface area contributed by atoms with Crippen LogP contribution in [0.5, 0.6) is 0 Å². The average Bonchev–Trinajstić information content (AvgIpc) is 3.05. The third-order valence-corrected chi connectivity index (χ3v) is 4.30. The van der Waals surface area contributed by atoms with Crippen molar-refractivity contribution in [2.24, 2.45) is 5.73 Å². The molecule has 19 heavy (non-hydrogen) atoms. The third kappa shape index (κ3) is 4.05. The van der Waals surface area contributed by atoms with E-state index in [9.17, 15) is 4.79 Å². The molecule has 0 aliphatic carbocycles. The standard InChI is InChI=1S/C11H14N4O2S2/c1-2-7-4-13-9(17-7)6-18-10-5-14-11(19-10)15-8(16)3-12/h4-5H,2-3,6,12H2,1H3,(H,14,15,16). The summed E-state index contributed by atoms with van der Waals surface area (Å²) in [5.74, 6) is 1.98. The van der Waals surface area contributed by atoms with Gasteiger partial charge in [-0.25, -0.2) is 9.97 Å². The van der Waals surface area contributed by atoms with Gasteiger partial charge in [-0.2, -0.15) is 0 Å². The second-order valence-electron chi connectivity index (χ2n) is 3.60. The fourth-order valence-corrected chi connectivity index (χ4v) is 3.01. The molecule has 2 heterocycles. The Hall–Kier alpha value is -1.38. The minimum Gasteiger partial charge on any atom is -0.445 e. The van der Waals surface area contributed by atoms with Gasteiger partial charge in [0, 0.05) is 6.42 Å². The maximum Gasteiger partial charge on any atom is 0.239 e. The van der Waals surface area contributed by atoms with Gasteiger partial charge in [0.1, 0.15) is 5.76 Å². The molecule has 0 saturated heterocycles. The number of amides is 1. The molecule has 0 bridgehead atoms. The van der Waals surface area contributed by atoms with Crippen molar-refractivity contribution in [3.05, 3.63) is 24.0 Å². The van der Waals surface area contributed by atoms with E-state index in [1.165, 1.54) is 11.3 Å². The average molecular weight is 298 g/mol. The lowest BCUT2D eigenvalue weighted by Crippen LogP contribution is -2.21. The number of aromatic nitrogens is 2. The minimum absolute atomic E-state index is 0.0435. The van der Waals surface area contributed by atoms with Crippen LogP contribution in [0, 0.1) is 0 Å². The summed E-state index contributed by atoms with van der Waals surface area (Å²) in [7, 11) is 0. The van der Waals surface area contributed by atoms with Crippen molar-refractivity contribution < 1.29 is 9.21 Å². The number of aryl methyl sites for hydroxylation is 1. The molecule has 2 aromatic rings. The van der Waals surface area contributed by atoms with Crippen LogP contribution in [-0.4, -0.2) is 22.4 Å². The van der Waals surface area contributed by atoms with E-state index in [-0.39, 0.29) is 12.5 Å². The Morgan fingerprint density at radius 2 is 2.37 bits per heavy atom. The van der Waals surface area contributed by atoms with Crippen molar-refractivity contribution in [1.29, 1.82) is 0 Å². The molecule has 0 aromatic carbocycles. The van der Waals surface area contributed by atoms with E-state index in [2.05, 4.69) is 15.3 Å². The zero-order valence-corrected chi connectivity index (χ0v) is 12.0. The van der Waals surface area contributed by atoms with Gasteiger partial charge in [0.05, 0.1) is 28.9 Å². The summed E-state index contributed by atoms with van der Waals surface area (Å²) in [6.45, 7) is 1.98. The van der Waals surface area contributed by atoms with E-state index in [1.807, 2.05) is 6.92 Å². The first kappa shape index (κ1) is 14.0. The highest BCUT2D eigenvalue weighted by Crippen LogP contribution is 2.30. The number of oxazole rings is 1. The lowest BCUT2D eigenvalue weighted by atomic mass is 10.4. The molecule has 3 N–H and O–H groups in total. The molecule has 0 aliphatic rings. The lowest BCUT2D eigenvalue weighted by Gasteiger charge is -1.96. The molecule has 0 saturated carbocycles. The number of nitrogens with two attached hydrogens (primary N) is 1. The molecular formula is C11H14N4O2S2. The number of thioether (sulfide) groups is 1. The van der Waals surface area contributed by atoms with Crippen molar-refractivity contribution in [3.63, 3.8) is 0 Å². The van der Waals surface area contributed by atoms with Gasteiger partial charge in [0.2, 0.25) is 11.8 Å². The number of carbonyl (C=O) groups is 1. The van der Waals surface area contributed by atoms with Gasteiger partial charge in [-0.05, 0) is 0 Å². The maximum absolute atomic E-state index is 11.1. The molecule has 0 atom stereocenters. The van der Waals surface area contributed by atoms with E-state index >= 15 is 0 Å². The second-order valence-corrected chi connectivity index (χ2v) is 5.91. The van der Waals surface area contributed by atoms with Crippen LogP contribution < -0.4 is 11.1 Å². The zero-order chi connectivity index (χ0) is 13.7. The maximum atomic E-state index is 11.1. The molecule has 0 aliphatic heterocycles. The fraction of sp³-hybridized carbons (Fsp3) is 0.364. The van der Waals surface area contributed by atoms with Crippen molar-refractivity contribution in [3.8, 4) is 0 Å². The van der Waals surface area contributed by atoms with Crippen LogP contribution >= 0.6 is 23.1 Å². The monoisotopic (exact) mass is 298 g/mol. The summed E-state index contributed by atoms with van der Waals surface area (Å²) in [4.78, 5) is 19.4. The zero-order valence-electron chi connectivity index (χ0n) is 10.4. The number of rotatable bonds is 6. The van der Waals surface area contributed by atoms with Crippen molar-refractivity contribution in [2.75, 3.05) is 11.9 Å². The summed E-state index contributed by atoms with van der Waals surface area (Å²) in [6, 6.07) is 0. The smallest absolute Gasteiger partial charge is 0.239 e. The molecule has 0 fully saturated rings. The largest absolute Gasteiger partial charge is 0.445 e. The van der Waals surface area contributed by atoms with Crippen molar-refractivity contribution in [2.45, 2.75) is 23.3 Å². The number of nitrogens with one attached hydrogen (secondary N) is 1. The van der Waals surface area contributed by atoms with Crippen LogP contribution in [0.2, 0.25) is 0 Å².